The molecule has 4 saturated heterocycles. The molecule has 5 atom stereocenters. The van der Waals surface area contributed by atoms with Crippen molar-refractivity contribution in [3.8, 4) is 16.9 Å². The summed E-state index contributed by atoms with van der Waals surface area (Å²) in [6.45, 7) is 1.10. The molecule has 5 aliphatic heterocycles. The van der Waals surface area contributed by atoms with Gasteiger partial charge in [0.15, 0.2) is 6.73 Å². The molecule has 5 aliphatic rings. The molecule has 3 aromatic rings. The van der Waals surface area contributed by atoms with E-state index in [1.165, 1.54) is 4.90 Å². The first-order chi connectivity index (χ1) is 23.2. The summed E-state index contributed by atoms with van der Waals surface area (Å²) < 4.78 is 33.3. The van der Waals surface area contributed by atoms with Crippen LogP contribution in [0.4, 0.5) is 15.8 Å². The highest BCUT2D eigenvalue weighted by Gasteiger charge is 2.42. The first kappa shape index (κ1) is 31.7. The number of fused-ring (bicyclic) bond motifs is 5. The number of hydrogen-bond donors (Lipinski definition) is 1. The number of carboxylic acids is 1. The molecule has 1 N–H and O–H groups in total. The van der Waals surface area contributed by atoms with E-state index in [2.05, 4.69) is 9.80 Å². The molecule has 252 valence electrons. The number of morpholine rings is 1. The third-order valence-corrected chi connectivity index (χ3v) is 11.4. The Morgan fingerprint density at radius 2 is 1.58 bits per heavy atom. The number of ether oxygens (including phenoxy) is 3. The Labute approximate surface area is 288 Å². The van der Waals surface area contributed by atoms with Crippen molar-refractivity contribution in [3.63, 3.8) is 0 Å². The third kappa shape index (κ3) is 5.28. The fraction of sp³-hybridized carbons (Fsp3) is 0.444. The summed E-state index contributed by atoms with van der Waals surface area (Å²) in [6.07, 6.45) is 6.06. The van der Waals surface area contributed by atoms with E-state index >= 15 is 4.39 Å². The van der Waals surface area contributed by atoms with Gasteiger partial charge in [0, 0.05) is 41.6 Å². The van der Waals surface area contributed by atoms with E-state index in [9.17, 15) is 14.7 Å². The number of piperidine rings is 1. The number of amides is 1. The summed E-state index contributed by atoms with van der Waals surface area (Å²) in [4.78, 5) is 32.1. The summed E-state index contributed by atoms with van der Waals surface area (Å²) in [6, 6.07) is 12.5. The molecular formula is C36H36Cl2FN3O6. The maximum absolute atomic E-state index is 15.7. The number of carbonyl (C=O) groups excluding carboxylic acids is 1. The Hall–Kier alpha value is -3.57. The summed E-state index contributed by atoms with van der Waals surface area (Å²) in [5.74, 6) is -1.77. The van der Waals surface area contributed by atoms with E-state index in [4.69, 9.17) is 37.4 Å². The number of aromatic carboxylic acids is 1. The van der Waals surface area contributed by atoms with Crippen LogP contribution < -0.4 is 14.5 Å². The van der Waals surface area contributed by atoms with Gasteiger partial charge in [-0.15, -0.1) is 0 Å². The molecule has 48 heavy (non-hydrogen) atoms. The molecule has 9 nitrogen and oxygen atoms in total. The van der Waals surface area contributed by atoms with Crippen LogP contribution in [0.3, 0.4) is 0 Å². The number of benzene rings is 3. The van der Waals surface area contributed by atoms with Gasteiger partial charge in [0.25, 0.3) is 5.91 Å². The highest BCUT2D eigenvalue weighted by molar-refractivity contribution is 6.40. The molecule has 0 spiro atoms. The average Bonchev–Trinajstić information content (AvgIpc) is 3.48. The van der Waals surface area contributed by atoms with Gasteiger partial charge in [0.1, 0.15) is 11.6 Å². The Morgan fingerprint density at radius 1 is 0.917 bits per heavy atom. The molecule has 3 unspecified atom stereocenters. The predicted molar refractivity (Wildman–Crippen MR) is 180 cm³/mol. The smallest absolute Gasteiger partial charge is 0.337 e. The van der Waals surface area contributed by atoms with Crippen LogP contribution in [0.5, 0.6) is 5.75 Å². The number of carbonyl (C=O) groups is 2. The first-order valence-corrected chi connectivity index (χ1v) is 17.2. The zero-order valence-electron chi connectivity index (χ0n) is 26.5. The van der Waals surface area contributed by atoms with Crippen LogP contribution in [-0.2, 0) is 16.0 Å². The van der Waals surface area contributed by atoms with Crippen LogP contribution in [-0.4, -0.2) is 79.2 Å². The molecule has 8 rings (SSSR count). The van der Waals surface area contributed by atoms with Crippen molar-refractivity contribution in [2.24, 2.45) is 0 Å². The van der Waals surface area contributed by atoms with Gasteiger partial charge < -0.3 is 34.0 Å². The molecule has 1 amide bonds. The number of hydrogen-bond acceptors (Lipinski definition) is 7. The summed E-state index contributed by atoms with van der Waals surface area (Å²) in [5, 5.41) is 10.6. The van der Waals surface area contributed by atoms with E-state index in [-0.39, 0.29) is 64.1 Å². The Bertz CT molecular complexity index is 1750. The van der Waals surface area contributed by atoms with Gasteiger partial charge in [-0.25, -0.2) is 9.18 Å². The van der Waals surface area contributed by atoms with Gasteiger partial charge in [0.05, 0.1) is 64.8 Å². The molecule has 4 bridgehead atoms. The number of nitrogens with zero attached hydrogens (tertiary/aromatic N) is 3. The van der Waals surface area contributed by atoms with Gasteiger partial charge in [-0.1, -0.05) is 41.4 Å². The maximum Gasteiger partial charge on any atom is 0.337 e. The fourth-order valence-corrected chi connectivity index (χ4v) is 9.24. The lowest BCUT2D eigenvalue weighted by Crippen LogP contribution is -2.46. The van der Waals surface area contributed by atoms with Crippen molar-refractivity contribution in [2.75, 3.05) is 36.9 Å². The monoisotopic (exact) mass is 695 g/mol. The highest BCUT2D eigenvalue weighted by atomic mass is 35.5. The highest BCUT2D eigenvalue weighted by Crippen LogP contribution is 2.45. The summed E-state index contributed by atoms with van der Waals surface area (Å²) in [7, 11) is 1.76. The van der Waals surface area contributed by atoms with E-state index in [0.717, 1.165) is 50.3 Å². The lowest BCUT2D eigenvalue weighted by Gasteiger charge is -2.40. The number of para-hydroxylation sites is 1. The van der Waals surface area contributed by atoms with Crippen molar-refractivity contribution < 1.29 is 33.3 Å². The Kier molecular flexibility index (Phi) is 8.18. The molecule has 4 fully saturated rings. The third-order valence-electron chi connectivity index (χ3n) is 10.8. The number of halogens is 3. The zero-order valence-corrected chi connectivity index (χ0v) is 28.0. The number of carboxylic acid groups (broad SMARTS) is 1. The van der Waals surface area contributed by atoms with E-state index in [0.29, 0.717) is 47.9 Å². The SMILES string of the molecule is COC1C[C@H]2CC[C@@H](C1)N2c1cc(Cl)c(C(=O)N2COc3c(cccc3-c3cc(N4C5CCC4COC5)c(C(=O)O)cc3F)C2)c(Cl)c1. The number of anilines is 2. The lowest BCUT2D eigenvalue weighted by atomic mass is 9.96. The van der Waals surface area contributed by atoms with Gasteiger partial charge in [-0.3, -0.25) is 4.79 Å². The van der Waals surface area contributed by atoms with Gasteiger partial charge in [0.2, 0.25) is 0 Å². The molecule has 5 heterocycles. The molecule has 0 aliphatic carbocycles. The predicted octanol–water partition coefficient (Wildman–Crippen LogP) is 7.00. The maximum atomic E-state index is 15.7. The molecular weight excluding hydrogens is 660 g/mol. The van der Waals surface area contributed by atoms with E-state index in [1.807, 2.05) is 18.2 Å². The standard InChI is InChI=1S/C36H36Cl2FN3O6/c1-46-25-9-20-5-6-21(10-25)41(20)24-11-29(37)33(30(38)12-24)35(43)40-15-19-3-2-4-26(34(19)48-18-40)27-14-32(28(36(44)45)13-31(27)39)42-22-7-8-23(42)17-47-16-22/h2-4,11-14,20-23,25H,5-10,15-18H2,1H3,(H,44,45)/t20-,21+,22?,23?,25?. The van der Waals surface area contributed by atoms with Crippen molar-refractivity contribution >= 4 is 46.5 Å². The zero-order chi connectivity index (χ0) is 33.3. The molecule has 0 radical (unpaired) electrons. The summed E-state index contributed by atoms with van der Waals surface area (Å²) >= 11 is 13.6. The number of methoxy groups -OCH3 is 1. The van der Waals surface area contributed by atoms with Crippen molar-refractivity contribution in [1.82, 2.24) is 4.90 Å². The van der Waals surface area contributed by atoms with Crippen LogP contribution in [0.15, 0.2) is 42.5 Å². The number of rotatable bonds is 6. The topological polar surface area (TPSA) is 91.8 Å². The minimum Gasteiger partial charge on any atom is -0.478 e. The van der Waals surface area contributed by atoms with Crippen LogP contribution in [0, 0.1) is 5.82 Å². The van der Waals surface area contributed by atoms with Gasteiger partial charge >= 0.3 is 5.97 Å². The quantitative estimate of drug-likeness (QED) is 0.295. The van der Waals surface area contributed by atoms with Crippen LogP contribution >= 0.6 is 23.2 Å². The van der Waals surface area contributed by atoms with Crippen molar-refractivity contribution in [3.05, 3.63) is 75.0 Å². The van der Waals surface area contributed by atoms with E-state index < -0.39 is 11.8 Å². The van der Waals surface area contributed by atoms with Crippen molar-refractivity contribution in [1.29, 1.82) is 0 Å². The minimum absolute atomic E-state index is 0.0337. The normalized spacial score (nSPS) is 26.0. The second kappa shape index (κ2) is 12.4. The lowest BCUT2D eigenvalue weighted by molar-refractivity contribution is 0.0516. The van der Waals surface area contributed by atoms with Crippen LogP contribution in [0.1, 0.15) is 64.8 Å². The fourth-order valence-electron chi connectivity index (χ4n) is 8.60. The Balaban J connectivity index is 1.07. The van der Waals surface area contributed by atoms with E-state index in [1.54, 1.807) is 25.3 Å². The molecule has 0 aromatic heterocycles. The van der Waals surface area contributed by atoms with Crippen molar-refractivity contribution in [2.45, 2.75) is 75.3 Å². The molecule has 12 heteroatoms. The van der Waals surface area contributed by atoms with Gasteiger partial charge in [-0.2, -0.15) is 0 Å². The van der Waals surface area contributed by atoms with Gasteiger partial charge in [-0.05, 0) is 62.8 Å². The van der Waals surface area contributed by atoms with Crippen LogP contribution in [0.25, 0.3) is 11.1 Å². The summed E-state index contributed by atoms with van der Waals surface area (Å²) in [5.41, 5.74) is 2.93. The first-order valence-electron chi connectivity index (χ1n) is 16.5. The minimum atomic E-state index is -1.18. The molecule has 0 saturated carbocycles. The van der Waals surface area contributed by atoms with Crippen LogP contribution in [0.2, 0.25) is 10.0 Å². The Morgan fingerprint density at radius 3 is 2.23 bits per heavy atom. The average molecular weight is 697 g/mol. The second-order valence-corrected chi connectivity index (χ2v) is 14.3. The molecule has 3 aromatic carbocycles. The largest absolute Gasteiger partial charge is 0.478 e. The second-order valence-electron chi connectivity index (χ2n) is 13.5.